The molecule has 0 aliphatic carbocycles. The Balaban J connectivity index is 1.92. The quantitative estimate of drug-likeness (QED) is 0.699. The molecule has 0 fully saturated rings. The first-order valence-electron chi connectivity index (χ1n) is 8.36. The number of carbonyl (C=O) groups excluding carboxylic acids is 1. The molecular formula is C19H20ClFN3OS+. The molecule has 0 radical (unpaired) electrons. The van der Waals surface area contributed by atoms with Crippen molar-refractivity contribution in [1.82, 2.24) is 4.98 Å². The zero-order valence-electron chi connectivity index (χ0n) is 14.6. The molecule has 7 heteroatoms. The van der Waals surface area contributed by atoms with E-state index in [4.69, 9.17) is 11.6 Å². The highest BCUT2D eigenvalue weighted by atomic mass is 35.5. The molecule has 1 N–H and O–H groups in total. The maximum atomic E-state index is 13.2. The number of nitrogens with one attached hydrogen (secondary N) is 1. The number of anilines is 1. The first-order chi connectivity index (χ1) is 12.4. The van der Waals surface area contributed by atoms with Crippen LogP contribution >= 0.6 is 22.9 Å². The number of hydrogen-bond acceptors (Lipinski definition) is 3. The van der Waals surface area contributed by atoms with Crippen molar-refractivity contribution in [2.45, 2.75) is 6.42 Å². The Bertz CT molecular complexity index is 911. The molecule has 4 nitrogen and oxygen atoms in total. The zero-order valence-corrected chi connectivity index (χ0v) is 16.2. The smallest absolute Gasteiger partial charge is 0.260 e. The van der Waals surface area contributed by atoms with E-state index in [2.05, 4.69) is 19.1 Å². The van der Waals surface area contributed by atoms with Crippen LogP contribution in [-0.4, -0.2) is 38.1 Å². The second-order valence-corrected chi connectivity index (χ2v) is 7.83. The predicted molar refractivity (Wildman–Crippen MR) is 105 cm³/mol. The Labute approximate surface area is 160 Å². The number of hydrogen-bond donors (Lipinski definition) is 1. The van der Waals surface area contributed by atoms with Gasteiger partial charge in [0, 0.05) is 23.6 Å². The number of amides is 1. The molecule has 0 spiro atoms. The van der Waals surface area contributed by atoms with Crippen LogP contribution in [0.2, 0.25) is 5.02 Å². The number of aromatic nitrogens is 1. The summed E-state index contributed by atoms with van der Waals surface area (Å²) in [6, 6.07) is 11.1. The van der Waals surface area contributed by atoms with Gasteiger partial charge < -0.3 is 4.90 Å². The summed E-state index contributed by atoms with van der Waals surface area (Å²) in [4.78, 5) is 20.6. The van der Waals surface area contributed by atoms with Crippen molar-refractivity contribution in [2.75, 3.05) is 32.1 Å². The third kappa shape index (κ3) is 4.38. The third-order valence-electron chi connectivity index (χ3n) is 3.96. The van der Waals surface area contributed by atoms with Gasteiger partial charge in [-0.25, -0.2) is 9.37 Å². The molecule has 3 aromatic rings. The van der Waals surface area contributed by atoms with Gasteiger partial charge in [-0.15, -0.1) is 0 Å². The first kappa shape index (κ1) is 18.8. The lowest BCUT2D eigenvalue weighted by Gasteiger charge is -2.20. The lowest BCUT2D eigenvalue weighted by atomic mass is 10.2. The van der Waals surface area contributed by atoms with Gasteiger partial charge in [0.15, 0.2) is 5.13 Å². The van der Waals surface area contributed by atoms with Crippen LogP contribution in [0.1, 0.15) is 16.8 Å². The van der Waals surface area contributed by atoms with Crippen LogP contribution < -0.4 is 9.80 Å². The standard InChI is InChI=1S/C19H19ClFN3OS/c1-23(2)10-3-11-24(18(25)13-4-7-15(21)8-5-13)19-22-16-9-6-14(20)12-17(16)26-19/h4-9,12H,3,10-11H2,1-2H3/p+1. The van der Waals surface area contributed by atoms with Crippen LogP contribution in [-0.2, 0) is 0 Å². The Hall–Kier alpha value is -2.02. The minimum absolute atomic E-state index is 0.177. The minimum Gasteiger partial charge on any atom is -0.340 e. The van der Waals surface area contributed by atoms with Gasteiger partial charge in [0.2, 0.25) is 0 Å². The number of fused-ring (bicyclic) bond motifs is 1. The van der Waals surface area contributed by atoms with Crippen molar-refractivity contribution in [1.29, 1.82) is 0 Å². The number of nitrogens with zero attached hydrogens (tertiary/aromatic N) is 2. The van der Waals surface area contributed by atoms with E-state index in [0.29, 0.717) is 22.3 Å². The summed E-state index contributed by atoms with van der Waals surface area (Å²) >= 11 is 7.49. The highest BCUT2D eigenvalue weighted by Crippen LogP contribution is 2.31. The van der Waals surface area contributed by atoms with Crippen LogP contribution in [0.3, 0.4) is 0 Å². The monoisotopic (exact) mass is 392 g/mol. The van der Waals surface area contributed by atoms with Gasteiger partial charge >= 0.3 is 0 Å². The molecule has 3 rings (SSSR count). The van der Waals surface area contributed by atoms with Crippen molar-refractivity contribution in [2.24, 2.45) is 0 Å². The van der Waals surface area contributed by atoms with E-state index in [-0.39, 0.29) is 11.7 Å². The van der Waals surface area contributed by atoms with Gasteiger partial charge in [-0.3, -0.25) is 9.69 Å². The van der Waals surface area contributed by atoms with Crippen LogP contribution in [0.5, 0.6) is 0 Å². The molecule has 0 aliphatic rings. The summed E-state index contributed by atoms with van der Waals surface area (Å²) in [6.45, 7) is 1.48. The second-order valence-electron chi connectivity index (χ2n) is 6.38. The van der Waals surface area contributed by atoms with E-state index in [1.807, 2.05) is 12.1 Å². The molecule has 0 saturated heterocycles. The van der Waals surface area contributed by atoms with E-state index < -0.39 is 0 Å². The Morgan fingerprint density at radius 1 is 1.23 bits per heavy atom. The van der Waals surface area contributed by atoms with Gasteiger partial charge in [0.05, 0.1) is 30.9 Å². The fourth-order valence-corrected chi connectivity index (χ4v) is 3.89. The van der Waals surface area contributed by atoms with Crippen molar-refractivity contribution >= 4 is 44.2 Å². The first-order valence-corrected chi connectivity index (χ1v) is 9.56. The summed E-state index contributed by atoms with van der Waals surface area (Å²) in [6.07, 6.45) is 0.839. The fraction of sp³-hybridized carbons (Fsp3) is 0.263. The SMILES string of the molecule is C[NH+](C)CCCN(C(=O)c1ccc(F)cc1)c1nc2ccc(Cl)cc2s1. The van der Waals surface area contributed by atoms with E-state index in [1.165, 1.54) is 40.5 Å². The molecule has 0 bridgehead atoms. The molecule has 1 heterocycles. The Morgan fingerprint density at radius 3 is 2.65 bits per heavy atom. The normalized spacial score (nSPS) is 11.3. The summed E-state index contributed by atoms with van der Waals surface area (Å²) in [5.41, 5.74) is 1.26. The van der Waals surface area contributed by atoms with Crippen molar-refractivity contribution in [3.63, 3.8) is 0 Å². The number of benzene rings is 2. The molecule has 0 atom stereocenters. The second kappa shape index (κ2) is 8.12. The number of carbonyl (C=O) groups is 1. The summed E-state index contributed by atoms with van der Waals surface area (Å²) < 4.78 is 14.1. The molecule has 0 aliphatic heterocycles. The Kier molecular flexibility index (Phi) is 5.86. The Morgan fingerprint density at radius 2 is 1.96 bits per heavy atom. The number of halogens is 2. The largest absolute Gasteiger partial charge is 0.340 e. The molecule has 136 valence electrons. The number of quaternary nitrogens is 1. The molecule has 2 aromatic carbocycles. The average molecular weight is 393 g/mol. The predicted octanol–water partition coefficient (Wildman–Crippen LogP) is 3.27. The molecule has 0 unspecified atom stereocenters. The lowest BCUT2D eigenvalue weighted by Crippen LogP contribution is -3.05. The van der Waals surface area contributed by atoms with E-state index in [0.717, 1.165) is 23.2 Å². The van der Waals surface area contributed by atoms with E-state index in [1.54, 1.807) is 11.0 Å². The molecule has 1 amide bonds. The number of thiazole rings is 1. The van der Waals surface area contributed by atoms with Crippen molar-refractivity contribution in [3.05, 3.63) is 58.9 Å². The molecule has 1 aromatic heterocycles. The van der Waals surface area contributed by atoms with Gasteiger partial charge in [-0.2, -0.15) is 0 Å². The van der Waals surface area contributed by atoms with Crippen molar-refractivity contribution in [3.8, 4) is 0 Å². The summed E-state index contributed by atoms with van der Waals surface area (Å²) in [5.74, 6) is -0.539. The van der Waals surface area contributed by atoms with Crippen LogP contribution in [0.4, 0.5) is 9.52 Å². The topological polar surface area (TPSA) is 37.6 Å². The van der Waals surface area contributed by atoms with E-state index >= 15 is 0 Å². The zero-order chi connectivity index (χ0) is 18.7. The number of rotatable bonds is 6. The van der Waals surface area contributed by atoms with Gasteiger partial charge in [0.1, 0.15) is 5.82 Å². The summed E-state index contributed by atoms with van der Waals surface area (Å²) in [7, 11) is 4.15. The molecule has 26 heavy (non-hydrogen) atoms. The third-order valence-corrected chi connectivity index (χ3v) is 5.24. The highest BCUT2D eigenvalue weighted by molar-refractivity contribution is 7.22. The van der Waals surface area contributed by atoms with Crippen LogP contribution in [0.15, 0.2) is 42.5 Å². The maximum absolute atomic E-state index is 13.2. The summed E-state index contributed by atoms with van der Waals surface area (Å²) in [5, 5.41) is 1.27. The van der Waals surface area contributed by atoms with Crippen molar-refractivity contribution < 1.29 is 14.1 Å². The maximum Gasteiger partial charge on any atom is 0.260 e. The average Bonchev–Trinajstić information content (AvgIpc) is 3.01. The van der Waals surface area contributed by atoms with Gasteiger partial charge in [0.25, 0.3) is 5.91 Å². The van der Waals surface area contributed by atoms with Crippen LogP contribution in [0, 0.1) is 5.82 Å². The van der Waals surface area contributed by atoms with Gasteiger partial charge in [-0.1, -0.05) is 22.9 Å². The van der Waals surface area contributed by atoms with E-state index in [9.17, 15) is 9.18 Å². The molecule has 0 saturated carbocycles. The highest BCUT2D eigenvalue weighted by Gasteiger charge is 2.21. The lowest BCUT2D eigenvalue weighted by molar-refractivity contribution is -0.858. The van der Waals surface area contributed by atoms with Gasteiger partial charge in [-0.05, 0) is 42.5 Å². The molecular weight excluding hydrogens is 373 g/mol. The minimum atomic E-state index is -0.362. The fourth-order valence-electron chi connectivity index (χ4n) is 2.62. The van der Waals surface area contributed by atoms with Crippen LogP contribution in [0.25, 0.3) is 10.2 Å².